The predicted octanol–water partition coefficient (Wildman–Crippen LogP) is 12.6. The monoisotopic (exact) mass is 676 g/mol. The van der Waals surface area contributed by atoms with Gasteiger partial charge in [0.2, 0.25) is 0 Å². The van der Waals surface area contributed by atoms with Crippen molar-refractivity contribution in [3.8, 4) is 39.6 Å². The van der Waals surface area contributed by atoms with Gasteiger partial charge in [0.15, 0.2) is 0 Å². The van der Waals surface area contributed by atoms with E-state index in [1.807, 2.05) is 0 Å². The number of rotatable bonds is 5. The molecule has 11 aromatic rings. The molecular formula is C49H32N4. The first-order valence-corrected chi connectivity index (χ1v) is 18.1. The fraction of sp³-hybridized carbons (Fsp3) is 0. The molecule has 4 heterocycles. The molecular weight excluding hydrogens is 645 g/mol. The van der Waals surface area contributed by atoms with Gasteiger partial charge >= 0.3 is 0 Å². The highest BCUT2D eigenvalue weighted by Gasteiger charge is 2.21. The van der Waals surface area contributed by atoms with Gasteiger partial charge in [0.25, 0.3) is 0 Å². The third kappa shape index (κ3) is 4.66. The summed E-state index contributed by atoms with van der Waals surface area (Å²) in [6, 6.07) is 67.4. The van der Waals surface area contributed by atoms with E-state index < -0.39 is 0 Å². The van der Waals surface area contributed by atoms with Crippen molar-refractivity contribution in [1.29, 1.82) is 0 Å². The molecule has 0 amide bonds. The van der Waals surface area contributed by atoms with Crippen LogP contribution in [0.1, 0.15) is 0 Å². The molecule has 7 aromatic carbocycles. The van der Waals surface area contributed by atoms with E-state index in [0.717, 1.165) is 56.1 Å². The first-order valence-electron chi connectivity index (χ1n) is 18.1. The van der Waals surface area contributed by atoms with Crippen molar-refractivity contribution in [3.63, 3.8) is 0 Å². The highest BCUT2D eigenvalue weighted by atomic mass is 15.1. The number of hydrogen-bond acceptors (Lipinski definition) is 1. The summed E-state index contributed by atoms with van der Waals surface area (Å²) in [4.78, 5) is 5.46. The maximum absolute atomic E-state index is 5.46. The van der Waals surface area contributed by atoms with Gasteiger partial charge in [-0.25, -0.2) is 4.98 Å². The molecule has 0 bridgehead atoms. The van der Waals surface area contributed by atoms with Gasteiger partial charge in [0.1, 0.15) is 5.82 Å². The second-order valence-corrected chi connectivity index (χ2v) is 13.7. The summed E-state index contributed by atoms with van der Waals surface area (Å²) < 4.78 is 7.07. The highest BCUT2D eigenvalue weighted by molar-refractivity contribution is 6.20. The van der Waals surface area contributed by atoms with Crippen LogP contribution in [-0.2, 0) is 0 Å². The molecule has 0 N–H and O–H groups in total. The van der Waals surface area contributed by atoms with Gasteiger partial charge in [-0.2, -0.15) is 0 Å². The first-order chi connectivity index (χ1) is 26.3. The van der Waals surface area contributed by atoms with Crippen LogP contribution in [0.2, 0.25) is 0 Å². The Bertz CT molecular complexity index is 3080. The summed E-state index contributed by atoms with van der Waals surface area (Å²) in [5.74, 6) is 0.883. The summed E-state index contributed by atoms with van der Waals surface area (Å²) in [6.45, 7) is 0. The normalized spacial score (nSPS) is 11.8. The Kier molecular flexibility index (Phi) is 6.52. The van der Waals surface area contributed by atoms with Crippen molar-refractivity contribution < 1.29 is 0 Å². The number of nitrogens with zero attached hydrogens (tertiary/aromatic N) is 4. The molecule has 0 saturated heterocycles. The summed E-state index contributed by atoms with van der Waals surface area (Å²) in [7, 11) is 0. The number of hydrogen-bond donors (Lipinski definition) is 0. The minimum Gasteiger partial charge on any atom is -0.317 e. The molecule has 4 nitrogen and oxygen atoms in total. The summed E-state index contributed by atoms with van der Waals surface area (Å²) in [5.41, 5.74) is 12.3. The van der Waals surface area contributed by atoms with E-state index in [0.29, 0.717) is 0 Å². The van der Waals surface area contributed by atoms with E-state index in [9.17, 15) is 0 Å². The SMILES string of the molecule is c1ccc(-c2cc(-c3ccccc3)nc(-n3c4cc5ccn(-c6ccccc6)c5cc4c4cc5c6ccccc6n(-c6ccccc6)c5cc43)c2)cc1. The predicted molar refractivity (Wildman–Crippen MR) is 221 cm³/mol. The second kappa shape index (κ2) is 11.7. The molecule has 0 aliphatic rings. The molecule has 0 saturated carbocycles. The fourth-order valence-electron chi connectivity index (χ4n) is 8.21. The molecule has 0 aliphatic heterocycles. The Balaban J connectivity index is 1.29. The summed E-state index contributed by atoms with van der Waals surface area (Å²) in [5, 5.41) is 6.02. The average molecular weight is 677 g/mol. The smallest absolute Gasteiger partial charge is 0.138 e. The molecule has 11 rings (SSSR count). The Hall–Kier alpha value is -7.17. The van der Waals surface area contributed by atoms with Crippen LogP contribution in [0.25, 0.3) is 94.1 Å². The van der Waals surface area contributed by atoms with Crippen LogP contribution < -0.4 is 0 Å². The molecule has 0 spiro atoms. The van der Waals surface area contributed by atoms with Gasteiger partial charge in [-0.15, -0.1) is 0 Å². The second-order valence-electron chi connectivity index (χ2n) is 13.7. The Labute approximate surface area is 306 Å². The average Bonchev–Trinajstić information content (AvgIpc) is 3.89. The molecule has 0 radical (unpaired) electrons. The molecule has 0 aliphatic carbocycles. The zero-order valence-electron chi connectivity index (χ0n) is 28.8. The lowest BCUT2D eigenvalue weighted by Crippen LogP contribution is -2.00. The Morgan fingerprint density at radius 1 is 0.340 bits per heavy atom. The summed E-state index contributed by atoms with van der Waals surface area (Å²) in [6.07, 6.45) is 2.18. The Morgan fingerprint density at radius 3 is 1.68 bits per heavy atom. The lowest BCUT2D eigenvalue weighted by Gasteiger charge is -2.13. The number of pyridine rings is 1. The third-order valence-electron chi connectivity index (χ3n) is 10.6. The number of aromatic nitrogens is 4. The maximum Gasteiger partial charge on any atom is 0.138 e. The largest absolute Gasteiger partial charge is 0.317 e. The third-order valence-corrected chi connectivity index (χ3v) is 10.6. The molecule has 0 atom stereocenters. The van der Waals surface area contributed by atoms with E-state index in [4.69, 9.17) is 4.98 Å². The van der Waals surface area contributed by atoms with E-state index in [2.05, 4.69) is 208 Å². The van der Waals surface area contributed by atoms with Crippen molar-refractivity contribution in [1.82, 2.24) is 18.7 Å². The minimum absolute atomic E-state index is 0.883. The highest BCUT2D eigenvalue weighted by Crippen LogP contribution is 2.41. The number of fused-ring (bicyclic) bond motifs is 7. The van der Waals surface area contributed by atoms with Crippen LogP contribution in [0.15, 0.2) is 194 Å². The Morgan fingerprint density at radius 2 is 0.925 bits per heavy atom. The minimum atomic E-state index is 0.883. The number of para-hydroxylation sites is 3. The van der Waals surface area contributed by atoms with Gasteiger partial charge in [0, 0.05) is 50.1 Å². The van der Waals surface area contributed by atoms with Crippen LogP contribution in [0.4, 0.5) is 0 Å². The zero-order valence-corrected chi connectivity index (χ0v) is 28.8. The number of benzene rings is 7. The first kappa shape index (κ1) is 29.5. The van der Waals surface area contributed by atoms with Crippen LogP contribution in [0.3, 0.4) is 0 Å². The standard InChI is InChI=1S/C49H32N4/c1-5-15-33(16-6-1)36-27-43(34-17-7-2-8-18-34)50-49(29-36)53-46-28-35-25-26-51(37-19-9-3-10-20-37)45(35)31-42(46)41-30-40-39-23-13-14-24-44(39)52(47(40)32-48(41)53)38-21-11-4-12-22-38/h1-32H. The van der Waals surface area contributed by atoms with Gasteiger partial charge in [-0.05, 0) is 83.9 Å². The van der Waals surface area contributed by atoms with Crippen molar-refractivity contribution in [2.45, 2.75) is 0 Å². The molecule has 4 aromatic heterocycles. The molecule has 0 unspecified atom stereocenters. The van der Waals surface area contributed by atoms with Crippen LogP contribution in [-0.4, -0.2) is 18.7 Å². The van der Waals surface area contributed by atoms with Gasteiger partial charge in [-0.3, -0.25) is 4.57 Å². The van der Waals surface area contributed by atoms with Crippen molar-refractivity contribution in [3.05, 3.63) is 194 Å². The lowest BCUT2D eigenvalue weighted by molar-refractivity contribution is 1.08. The van der Waals surface area contributed by atoms with Gasteiger partial charge in [0.05, 0.1) is 33.3 Å². The summed E-state index contributed by atoms with van der Waals surface area (Å²) >= 11 is 0. The molecule has 0 fully saturated rings. The van der Waals surface area contributed by atoms with E-state index in [1.54, 1.807) is 0 Å². The molecule has 248 valence electrons. The van der Waals surface area contributed by atoms with E-state index >= 15 is 0 Å². The lowest BCUT2D eigenvalue weighted by atomic mass is 10.0. The van der Waals surface area contributed by atoms with Crippen LogP contribution in [0, 0.1) is 0 Å². The molecule has 4 heteroatoms. The van der Waals surface area contributed by atoms with Crippen molar-refractivity contribution >= 4 is 54.5 Å². The van der Waals surface area contributed by atoms with Crippen LogP contribution in [0.5, 0.6) is 0 Å². The quantitative estimate of drug-likeness (QED) is 0.178. The van der Waals surface area contributed by atoms with E-state index in [-0.39, 0.29) is 0 Å². The topological polar surface area (TPSA) is 27.7 Å². The van der Waals surface area contributed by atoms with Gasteiger partial charge < -0.3 is 9.13 Å². The van der Waals surface area contributed by atoms with Crippen molar-refractivity contribution in [2.75, 3.05) is 0 Å². The van der Waals surface area contributed by atoms with Gasteiger partial charge in [-0.1, -0.05) is 115 Å². The molecule has 53 heavy (non-hydrogen) atoms. The van der Waals surface area contributed by atoms with E-state index in [1.165, 1.54) is 38.0 Å². The van der Waals surface area contributed by atoms with Crippen molar-refractivity contribution in [2.24, 2.45) is 0 Å². The fourth-order valence-corrected chi connectivity index (χ4v) is 8.21. The maximum atomic E-state index is 5.46. The zero-order chi connectivity index (χ0) is 34.9. The van der Waals surface area contributed by atoms with Crippen LogP contribution >= 0.6 is 0 Å².